The van der Waals surface area contributed by atoms with Crippen molar-refractivity contribution in [3.63, 3.8) is 0 Å². The number of H-pyrrole nitrogens is 2. The number of nitrogens with zero attached hydrogens (tertiary/aromatic N) is 6. The van der Waals surface area contributed by atoms with Crippen LogP contribution >= 0.6 is 0 Å². The van der Waals surface area contributed by atoms with E-state index in [4.69, 9.17) is 14.5 Å². The molecule has 0 saturated carbocycles. The molecule has 5 heterocycles. The van der Waals surface area contributed by atoms with Crippen molar-refractivity contribution >= 4 is 33.4 Å². The third kappa shape index (κ3) is 4.14. The number of morpholine rings is 1. The van der Waals surface area contributed by atoms with Crippen molar-refractivity contribution in [3.8, 4) is 17.1 Å². The van der Waals surface area contributed by atoms with E-state index < -0.39 is 0 Å². The number of hydrogen-bond donors (Lipinski definition) is 3. The number of aromatic amines is 2. The number of aryl methyl sites for hydroxylation is 1. The van der Waals surface area contributed by atoms with Gasteiger partial charge in [0, 0.05) is 50.5 Å². The van der Waals surface area contributed by atoms with Crippen LogP contribution in [0.1, 0.15) is 18.8 Å². The SMILES string of the molecule is COc1cc(N2CCOCC2)cc2[nH]c(-c3c(NC(C)c4ncccn4)c4nn(C)cc4[nH]c3=O)nc12. The summed E-state index contributed by atoms with van der Waals surface area (Å²) in [5.74, 6) is 1.63. The molecule has 1 saturated heterocycles. The minimum Gasteiger partial charge on any atom is -0.494 e. The summed E-state index contributed by atoms with van der Waals surface area (Å²) in [6, 6.07) is 5.47. The molecule has 5 aromatic rings. The second kappa shape index (κ2) is 9.21. The molecule has 4 aromatic heterocycles. The zero-order chi connectivity index (χ0) is 25.5. The van der Waals surface area contributed by atoms with Crippen molar-refractivity contribution in [3.05, 3.63) is 53.0 Å². The first-order chi connectivity index (χ1) is 18.0. The van der Waals surface area contributed by atoms with E-state index in [-0.39, 0.29) is 11.6 Å². The number of methoxy groups -OCH3 is 1. The summed E-state index contributed by atoms with van der Waals surface area (Å²) in [5.41, 5.74) is 4.23. The molecule has 1 unspecified atom stereocenters. The molecule has 1 aromatic carbocycles. The van der Waals surface area contributed by atoms with Gasteiger partial charge in [-0.3, -0.25) is 9.48 Å². The molecular weight excluding hydrogens is 474 g/mol. The van der Waals surface area contributed by atoms with Crippen LogP contribution in [0.25, 0.3) is 33.5 Å². The number of fused-ring (bicyclic) bond motifs is 2. The third-order valence-electron chi connectivity index (χ3n) is 6.49. The monoisotopic (exact) mass is 501 g/mol. The Morgan fingerprint density at radius 3 is 2.65 bits per heavy atom. The summed E-state index contributed by atoms with van der Waals surface area (Å²) < 4.78 is 12.9. The molecule has 1 fully saturated rings. The van der Waals surface area contributed by atoms with E-state index >= 15 is 0 Å². The van der Waals surface area contributed by atoms with Gasteiger partial charge >= 0.3 is 0 Å². The lowest BCUT2D eigenvalue weighted by Gasteiger charge is -2.29. The smallest absolute Gasteiger partial charge is 0.261 e. The van der Waals surface area contributed by atoms with Crippen molar-refractivity contribution in [2.75, 3.05) is 43.6 Å². The fraction of sp³-hybridized carbons (Fsp3) is 0.320. The number of aromatic nitrogens is 7. The number of pyridine rings is 1. The average Bonchev–Trinajstić information content (AvgIpc) is 3.51. The molecule has 0 amide bonds. The lowest BCUT2D eigenvalue weighted by molar-refractivity contribution is 0.122. The maximum Gasteiger partial charge on any atom is 0.261 e. The number of ether oxygens (including phenoxy) is 2. The minimum absolute atomic E-state index is 0.293. The Morgan fingerprint density at radius 1 is 1.11 bits per heavy atom. The first kappa shape index (κ1) is 23.0. The summed E-state index contributed by atoms with van der Waals surface area (Å²) in [6.07, 6.45) is 5.14. The third-order valence-corrected chi connectivity index (χ3v) is 6.49. The Morgan fingerprint density at radius 2 is 1.89 bits per heavy atom. The molecule has 0 bridgehead atoms. The lowest BCUT2D eigenvalue weighted by Crippen LogP contribution is -2.36. The average molecular weight is 502 g/mol. The van der Waals surface area contributed by atoms with Crippen LogP contribution in [-0.4, -0.2) is 68.1 Å². The van der Waals surface area contributed by atoms with E-state index in [1.54, 1.807) is 36.4 Å². The summed E-state index contributed by atoms with van der Waals surface area (Å²) in [5, 5.41) is 8.03. The van der Waals surface area contributed by atoms with Gasteiger partial charge in [-0.15, -0.1) is 0 Å². The van der Waals surface area contributed by atoms with Crippen molar-refractivity contribution in [2.24, 2.45) is 7.05 Å². The molecule has 0 radical (unpaired) electrons. The number of benzene rings is 1. The highest BCUT2D eigenvalue weighted by molar-refractivity contribution is 5.97. The first-order valence-corrected chi connectivity index (χ1v) is 12.1. The van der Waals surface area contributed by atoms with Gasteiger partial charge in [-0.2, -0.15) is 5.10 Å². The van der Waals surface area contributed by atoms with Gasteiger partial charge in [-0.05, 0) is 19.1 Å². The Bertz CT molecular complexity index is 1630. The van der Waals surface area contributed by atoms with E-state index in [0.29, 0.717) is 58.4 Å². The van der Waals surface area contributed by atoms with Crippen LogP contribution in [0, 0.1) is 0 Å². The van der Waals surface area contributed by atoms with E-state index in [1.165, 1.54) is 0 Å². The molecule has 12 heteroatoms. The number of anilines is 2. The zero-order valence-electron chi connectivity index (χ0n) is 20.8. The normalized spacial score (nSPS) is 14.8. The van der Waals surface area contributed by atoms with Crippen molar-refractivity contribution in [2.45, 2.75) is 13.0 Å². The van der Waals surface area contributed by atoms with Crippen molar-refractivity contribution in [1.82, 2.24) is 34.7 Å². The van der Waals surface area contributed by atoms with Gasteiger partial charge in [-0.25, -0.2) is 15.0 Å². The molecule has 1 atom stereocenters. The van der Waals surface area contributed by atoms with Crippen LogP contribution in [0.3, 0.4) is 0 Å². The summed E-state index contributed by atoms with van der Waals surface area (Å²) in [7, 11) is 3.43. The standard InChI is InChI=1S/C25H27N9O3/c1-14(23-26-5-4-6-27-23)28-22-19(25(35)30-17-13-33(2)32-21(17)22)24-29-16-11-15(34-7-9-37-10-8-34)12-18(36-3)20(16)31-24/h4-6,11-14,28H,7-10H2,1-3H3,(H,29,31)(H,30,35). The fourth-order valence-electron chi connectivity index (χ4n) is 4.71. The summed E-state index contributed by atoms with van der Waals surface area (Å²) in [4.78, 5) is 35.5. The van der Waals surface area contributed by atoms with Gasteiger partial charge in [0.15, 0.2) is 0 Å². The second-order valence-corrected chi connectivity index (χ2v) is 8.97. The van der Waals surface area contributed by atoms with Gasteiger partial charge in [-0.1, -0.05) is 0 Å². The molecule has 1 aliphatic heterocycles. The Balaban J connectivity index is 1.51. The molecular formula is C25H27N9O3. The van der Waals surface area contributed by atoms with Crippen molar-refractivity contribution < 1.29 is 9.47 Å². The highest BCUT2D eigenvalue weighted by Crippen LogP contribution is 2.36. The Hall–Kier alpha value is -4.45. The van der Waals surface area contributed by atoms with E-state index in [0.717, 1.165) is 24.3 Å². The number of hydrogen-bond acceptors (Lipinski definition) is 9. The van der Waals surface area contributed by atoms with Crippen LogP contribution in [0.4, 0.5) is 11.4 Å². The maximum absolute atomic E-state index is 13.5. The zero-order valence-corrected chi connectivity index (χ0v) is 20.8. The van der Waals surface area contributed by atoms with Crippen LogP contribution in [0.2, 0.25) is 0 Å². The van der Waals surface area contributed by atoms with E-state index in [9.17, 15) is 4.79 Å². The van der Waals surface area contributed by atoms with Crippen LogP contribution in [0.5, 0.6) is 5.75 Å². The predicted molar refractivity (Wildman–Crippen MR) is 140 cm³/mol. The highest BCUT2D eigenvalue weighted by atomic mass is 16.5. The maximum atomic E-state index is 13.5. The molecule has 37 heavy (non-hydrogen) atoms. The number of imidazole rings is 1. The summed E-state index contributed by atoms with van der Waals surface area (Å²) >= 11 is 0. The molecule has 0 aliphatic carbocycles. The molecule has 3 N–H and O–H groups in total. The van der Waals surface area contributed by atoms with Gasteiger partial charge in [0.25, 0.3) is 5.56 Å². The molecule has 0 spiro atoms. The van der Waals surface area contributed by atoms with Crippen LogP contribution in [0.15, 0.2) is 41.6 Å². The van der Waals surface area contributed by atoms with E-state index in [1.807, 2.05) is 26.1 Å². The number of rotatable bonds is 6. The molecule has 6 rings (SSSR count). The van der Waals surface area contributed by atoms with Gasteiger partial charge in [0.2, 0.25) is 0 Å². The Labute approximate surface area is 211 Å². The topological polar surface area (TPSA) is 139 Å². The molecule has 1 aliphatic rings. The fourth-order valence-corrected chi connectivity index (χ4v) is 4.71. The highest BCUT2D eigenvalue weighted by Gasteiger charge is 2.24. The molecule has 12 nitrogen and oxygen atoms in total. The number of nitrogens with one attached hydrogen (secondary N) is 3. The quantitative estimate of drug-likeness (QED) is 0.320. The van der Waals surface area contributed by atoms with Gasteiger partial charge < -0.3 is 29.7 Å². The first-order valence-electron chi connectivity index (χ1n) is 12.1. The van der Waals surface area contributed by atoms with Gasteiger partial charge in [0.1, 0.15) is 34.0 Å². The second-order valence-electron chi connectivity index (χ2n) is 8.97. The van der Waals surface area contributed by atoms with Gasteiger partial charge in [0.05, 0.1) is 43.1 Å². The predicted octanol–water partition coefficient (Wildman–Crippen LogP) is 2.61. The Kier molecular flexibility index (Phi) is 5.72. The van der Waals surface area contributed by atoms with Crippen LogP contribution in [-0.2, 0) is 11.8 Å². The summed E-state index contributed by atoms with van der Waals surface area (Å²) in [6.45, 7) is 4.86. The van der Waals surface area contributed by atoms with E-state index in [2.05, 4.69) is 35.3 Å². The largest absolute Gasteiger partial charge is 0.494 e. The van der Waals surface area contributed by atoms with Crippen molar-refractivity contribution in [1.29, 1.82) is 0 Å². The minimum atomic E-state index is -0.296. The lowest BCUT2D eigenvalue weighted by atomic mass is 10.1. The van der Waals surface area contributed by atoms with Crippen LogP contribution < -0.4 is 20.5 Å². The molecule has 190 valence electrons.